The van der Waals surface area contributed by atoms with Crippen molar-refractivity contribution in [1.82, 2.24) is 0 Å². The molecule has 1 aliphatic heterocycles. The van der Waals surface area contributed by atoms with Crippen molar-refractivity contribution in [2.75, 3.05) is 6.61 Å². The molecule has 0 bridgehead atoms. The first-order chi connectivity index (χ1) is 17.0. The lowest BCUT2D eigenvalue weighted by molar-refractivity contribution is -0.251. The quantitative estimate of drug-likeness (QED) is 0.0698. The highest BCUT2D eigenvalue weighted by molar-refractivity contribution is 7.80. The van der Waals surface area contributed by atoms with Crippen LogP contribution in [0.25, 0.3) is 0 Å². The zero-order valence-electron chi connectivity index (χ0n) is 21.3. The predicted octanol–water partition coefficient (Wildman–Crippen LogP) is 0.962. The second kappa shape index (κ2) is 17.8. The van der Waals surface area contributed by atoms with Crippen LogP contribution in [-0.4, -0.2) is 93.9 Å². The fourth-order valence-electron chi connectivity index (χ4n) is 4.35. The summed E-state index contributed by atoms with van der Waals surface area (Å²) >= 11 is 0. The Morgan fingerprint density at radius 3 is 1.94 bits per heavy atom. The van der Waals surface area contributed by atoms with Gasteiger partial charge in [0.25, 0.3) is 0 Å². The Morgan fingerprint density at radius 2 is 1.44 bits per heavy atom. The number of ether oxygens (including phenoxy) is 1. The van der Waals surface area contributed by atoms with E-state index in [9.17, 15) is 34.0 Å². The molecule has 1 aliphatic rings. The van der Waals surface area contributed by atoms with E-state index in [0.717, 1.165) is 19.3 Å². The summed E-state index contributed by atoms with van der Waals surface area (Å²) in [4.78, 5) is 0. The van der Waals surface area contributed by atoms with Crippen LogP contribution in [0.4, 0.5) is 0 Å². The van der Waals surface area contributed by atoms with E-state index in [4.69, 9.17) is 15.0 Å². The highest BCUT2D eigenvalue weighted by Gasteiger charge is 2.48. The first-order valence-corrected chi connectivity index (χ1v) is 14.5. The molecule has 0 aliphatic carbocycles. The minimum absolute atomic E-state index is 0.602. The lowest BCUT2D eigenvalue weighted by Gasteiger charge is -2.43. The van der Waals surface area contributed by atoms with Crippen molar-refractivity contribution >= 4 is 10.4 Å². The van der Waals surface area contributed by atoms with E-state index >= 15 is 0 Å². The van der Waals surface area contributed by atoms with Crippen molar-refractivity contribution in [1.29, 1.82) is 0 Å². The number of unbranched alkanes of at least 4 members (excludes halogenated alkanes) is 11. The molecule has 36 heavy (non-hydrogen) atoms. The number of allylic oxidation sites excluding steroid dienone is 1. The molecule has 214 valence electrons. The molecule has 1 rings (SSSR count). The fourth-order valence-corrected chi connectivity index (χ4v) is 4.82. The van der Waals surface area contributed by atoms with E-state index in [1.165, 1.54) is 57.4 Å². The second-order valence-corrected chi connectivity index (χ2v) is 10.7. The summed E-state index contributed by atoms with van der Waals surface area (Å²) in [5.74, 6) is 0. The van der Waals surface area contributed by atoms with Crippen LogP contribution < -0.4 is 5.73 Å². The predicted molar refractivity (Wildman–Crippen MR) is 134 cm³/mol. The third-order valence-corrected chi connectivity index (χ3v) is 7.04. The molecule has 11 nitrogen and oxygen atoms in total. The number of nitrogens with two attached hydrogens (primary N) is 1. The van der Waals surface area contributed by atoms with Crippen molar-refractivity contribution in [3.63, 3.8) is 0 Å². The molecule has 8 N–H and O–H groups in total. The highest BCUT2D eigenvalue weighted by Crippen LogP contribution is 2.25. The van der Waals surface area contributed by atoms with Crippen molar-refractivity contribution in [2.24, 2.45) is 5.73 Å². The molecule has 1 saturated heterocycles. The lowest BCUT2D eigenvalue weighted by Crippen LogP contribution is -2.65. The molecule has 1 heterocycles. The number of aliphatic hydroxyl groups excluding tert-OH is 5. The van der Waals surface area contributed by atoms with Gasteiger partial charge in [0.2, 0.25) is 0 Å². The molecule has 2 unspecified atom stereocenters. The second-order valence-electron chi connectivity index (χ2n) is 9.60. The van der Waals surface area contributed by atoms with Crippen molar-refractivity contribution in [2.45, 2.75) is 133 Å². The Balaban J connectivity index is 2.53. The molecular formula is C24H47NO10S. The van der Waals surface area contributed by atoms with Gasteiger partial charge in [0.1, 0.15) is 42.7 Å². The first-order valence-electron chi connectivity index (χ1n) is 13.1. The Kier molecular flexibility index (Phi) is 16.5. The Bertz CT molecular complexity index is 705. The summed E-state index contributed by atoms with van der Waals surface area (Å²) in [5.41, 5.74) is 5.98. The van der Waals surface area contributed by atoms with Crippen LogP contribution in [0.5, 0.6) is 0 Å². The van der Waals surface area contributed by atoms with E-state index in [1.54, 1.807) is 6.08 Å². The minimum Gasteiger partial charge on any atom is -0.394 e. The molecule has 0 aromatic carbocycles. The molecule has 0 aromatic heterocycles. The van der Waals surface area contributed by atoms with Crippen LogP contribution in [0.15, 0.2) is 12.2 Å². The molecular weight excluding hydrogens is 494 g/mol. The van der Waals surface area contributed by atoms with Crippen LogP contribution in [0.2, 0.25) is 0 Å². The van der Waals surface area contributed by atoms with Gasteiger partial charge in [0.05, 0.1) is 12.6 Å². The van der Waals surface area contributed by atoms with Crippen LogP contribution >= 0.6 is 0 Å². The normalized spacial score (nSPS) is 27.8. The maximum Gasteiger partial charge on any atom is 0.397 e. The van der Waals surface area contributed by atoms with Gasteiger partial charge in [-0.15, -0.1) is 0 Å². The molecule has 0 radical (unpaired) electrons. The van der Waals surface area contributed by atoms with Gasteiger partial charge in [-0.05, 0) is 12.8 Å². The molecule has 0 amide bonds. The lowest BCUT2D eigenvalue weighted by atomic mass is 9.88. The molecule has 0 spiro atoms. The van der Waals surface area contributed by atoms with Crippen LogP contribution in [0.1, 0.15) is 84.0 Å². The molecule has 1 fully saturated rings. The van der Waals surface area contributed by atoms with E-state index in [1.807, 2.05) is 0 Å². The average molecular weight is 542 g/mol. The Morgan fingerprint density at radius 1 is 0.917 bits per heavy atom. The minimum atomic E-state index is -4.92. The standard InChI is InChI=1S/C24H47NO10S/c1-2-3-4-5-6-7-8-9-10-11-12-13-14-15-17(35-36(31,32)33)19(25)21(28)24-23(30)22(29)20(27)18(16-26)34-24/h14-15,17-24,26-30H,2-13,16,25H2,1H3,(H,31,32,33)/b15-14+/t17-,18-,19-,20+,21?,22+,23-,24?/m1/s1. The van der Waals surface area contributed by atoms with E-state index < -0.39 is 65.8 Å². The van der Waals surface area contributed by atoms with Gasteiger partial charge in [-0.3, -0.25) is 4.55 Å². The fraction of sp³-hybridized carbons (Fsp3) is 0.917. The highest BCUT2D eigenvalue weighted by atomic mass is 32.3. The van der Waals surface area contributed by atoms with Gasteiger partial charge < -0.3 is 36.0 Å². The molecule has 0 aromatic rings. The third kappa shape index (κ3) is 12.2. The van der Waals surface area contributed by atoms with Crippen molar-refractivity contribution in [3.8, 4) is 0 Å². The zero-order chi connectivity index (χ0) is 27.1. The summed E-state index contributed by atoms with van der Waals surface area (Å²) in [6.45, 7) is 1.51. The van der Waals surface area contributed by atoms with Gasteiger partial charge in [-0.2, -0.15) is 8.42 Å². The first kappa shape index (κ1) is 33.4. The molecule has 0 saturated carbocycles. The van der Waals surface area contributed by atoms with E-state index in [2.05, 4.69) is 11.1 Å². The zero-order valence-corrected chi connectivity index (χ0v) is 22.1. The molecule has 8 atom stereocenters. The summed E-state index contributed by atoms with van der Waals surface area (Å²) < 4.78 is 41.7. The van der Waals surface area contributed by atoms with Crippen molar-refractivity contribution < 1.29 is 47.4 Å². The number of hydrogen-bond acceptors (Lipinski definition) is 10. The Hall–Kier alpha value is -0.670. The van der Waals surface area contributed by atoms with Gasteiger partial charge in [0, 0.05) is 0 Å². The van der Waals surface area contributed by atoms with Crippen LogP contribution in [-0.2, 0) is 19.3 Å². The van der Waals surface area contributed by atoms with Gasteiger partial charge in [-0.25, -0.2) is 4.18 Å². The van der Waals surface area contributed by atoms with Crippen LogP contribution in [0.3, 0.4) is 0 Å². The maximum absolute atomic E-state index is 11.3. The monoisotopic (exact) mass is 541 g/mol. The van der Waals surface area contributed by atoms with Gasteiger partial charge >= 0.3 is 10.4 Å². The largest absolute Gasteiger partial charge is 0.397 e. The number of aliphatic hydroxyl groups is 5. The summed E-state index contributed by atoms with van der Waals surface area (Å²) in [7, 11) is -4.92. The van der Waals surface area contributed by atoms with Crippen LogP contribution in [0, 0.1) is 0 Å². The summed E-state index contributed by atoms with van der Waals surface area (Å²) in [5, 5.41) is 50.0. The smallest absolute Gasteiger partial charge is 0.394 e. The van der Waals surface area contributed by atoms with Gasteiger partial charge in [-0.1, -0.05) is 83.3 Å². The maximum atomic E-state index is 11.3. The molecule has 12 heteroatoms. The topological polar surface area (TPSA) is 200 Å². The third-order valence-electron chi connectivity index (χ3n) is 6.57. The van der Waals surface area contributed by atoms with Crippen molar-refractivity contribution in [3.05, 3.63) is 12.2 Å². The number of rotatable bonds is 19. The van der Waals surface area contributed by atoms with Gasteiger partial charge in [0.15, 0.2) is 0 Å². The summed E-state index contributed by atoms with van der Waals surface area (Å²) in [6.07, 6.45) is 5.41. The van der Waals surface area contributed by atoms with E-state index in [0.29, 0.717) is 6.42 Å². The number of hydrogen-bond donors (Lipinski definition) is 7. The van der Waals surface area contributed by atoms with E-state index in [-0.39, 0.29) is 0 Å². The SMILES string of the molecule is CCCCCCCCCCCCC/C=C/[C@@H](OS(=O)(=O)O)[C@@H](N)C(O)C1O[C@H](CO)[C@H](O)[C@H](O)[C@H]1O. The summed E-state index contributed by atoms with van der Waals surface area (Å²) in [6, 6.07) is -1.50. The average Bonchev–Trinajstić information content (AvgIpc) is 2.83. The Labute approximate surface area is 215 Å².